The number of halogens is 3. The highest BCUT2D eigenvalue weighted by Gasteiger charge is 2.17. The van der Waals surface area contributed by atoms with E-state index in [1.807, 2.05) is 44.2 Å². The largest absolute Gasteiger partial charge is 0.489 e. The molecule has 2 aromatic heterocycles. The first-order valence-electron chi connectivity index (χ1n) is 10.7. The number of rotatable bonds is 5. The Kier molecular flexibility index (Phi) is 6.53. The van der Waals surface area contributed by atoms with Gasteiger partial charge in [-0.3, -0.25) is 4.79 Å². The Hall–Kier alpha value is -2.94. The molecule has 5 rings (SSSR count). The van der Waals surface area contributed by atoms with Crippen molar-refractivity contribution in [1.29, 1.82) is 0 Å². The minimum atomic E-state index is -0.323. The average Bonchev–Trinajstić information content (AvgIpc) is 3.23. The summed E-state index contributed by atoms with van der Waals surface area (Å²) in [7, 11) is 0. The van der Waals surface area contributed by atoms with Gasteiger partial charge in [0.15, 0.2) is 5.76 Å². The molecule has 9 heteroatoms. The molecule has 0 fully saturated rings. The summed E-state index contributed by atoms with van der Waals surface area (Å²) in [4.78, 5) is 18.2. The molecule has 0 amide bonds. The van der Waals surface area contributed by atoms with Gasteiger partial charge in [0, 0.05) is 20.4 Å². The van der Waals surface area contributed by atoms with Gasteiger partial charge in [-0.15, -0.1) is 0 Å². The first-order chi connectivity index (χ1) is 16.8. The van der Waals surface area contributed by atoms with Crippen LogP contribution in [-0.2, 0) is 0 Å². The first-order valence-corrected chi connectivity index (χ1v) is 12.7. The molecule has 0 spiro atoms. The molecule has 0 bridgehead atoms. The van der Waals surface area contributed by atoms with Crippen molar-refractivity contribution in [3.8, 4) is 17.3 Å². The van der Waals surface area contributed by atoms with Crippen LogP contribution in [0.1, 0.15) is 19.4 Å². The summed E-state index contributed by atoms with van der Waals surface area (Å²) < 4.78 is 14.9. The van der Waals surface area contributed by atoms with Gasteiger partial charge in [-0.25, -0.2) is 4.98 Å². The van der Waals surface area contributed by atoms with Crippen LogP contribution in [0.3, 0.4) is 0 Å². The topological polar surface area (TPSA) is 69.6 Å². The maximum absolute atomic E-state index is 13.5. The lowest BCUT2D eigenvalue weighted by Gasteiger charge is -2.14. The average molecular weight is 616 g/mol. The van der Waals surface area contributed by atoms with E-state index in [0.717, 1.165) is 9.86 Å². The van der Waals surface area contributed by atoms with E-state index in [-0.39, 0.29) is 17.5 Å². The molecule has 5 aromatic rings. The summed E-state index contributed by atoms with van der Waals surface area (Å²) in [6.45, 7) is 3.86. The van der Waals surface area contributed by atoms with Crippen molar-refractivity contribution in [2.24, 2.45) is 5.10 Å². The van der Waals surface area contributed by atoms with Crippen LogP contribution < -0.4 is 10.3 Å². The quantitative estimate of drug-likeness (QED) is 0.191. The number of para-hydroxylation sites is 1. The van der Waals surface area contributed by atoms with Gasteiger partial charge < -0.3 is 9.15 Å². The molecule has 0 aliphatic carbocycles. The minimum absolute atomic E-state index is 0.0740. The number of ether oxygens (including phenoxy) is 1. The normalized spacial score (nSPS) is 11.8. The third-order valence-electron chi connectivity index (χ3n) is 5.16. The zero-order chi connectivity index (χ0) is 24.7. The van der Waals surface area contributed by atoms with Gasteiger partial charge >= 0.3 is 0 Å². The van der Waals surface area contributed by atoms with Gasteiger partial charge in [0.05, 0.1) is 27.7 Å². The Morgan fingerprint density at radius 3 is 2.71 bits per heavy atom. The molecular weight excluding hydrogens is 598 g/mol. The highest BCUT2D eigenvalue weighted by atomic mass is 79.9. The number of furan rings is 1. The second kappa shape index (κ2) is 9.60. The van der Waals surface area contributed by atoms with Gasteiger partial charge in [0.1, 0.15) is 11.3 Å². The molecule has 2 heterocycles. The van der Waals surface area contributed by atoms with Crippen LogP contribution in [0.15, 0.2) is 83.9 Å². The third kappa shape index (κ3) is 4.78. The molecule has 176 valence electrons. The molecule has 0 saturated heterocycles. The highest BCUT2D eigenvalue weighted by molar-refractivity contribution is 9.10. The van der Waals surface area contributed by atoms with Crippen LogP contribution in [0.5, 0.6) is 5.75 Å². The molecule has 0 atom stereocenters. The monoisotopic (exact) mass is 613 g/mol. The summed E-state index contributed by atoms with van der Waals surface area (Å²) in [6, 6.07) is 18.1. The Bertz CT molecular complexity index is 1670. The smallest absolute Gasteiger partial charge is 0.282 e. The van der Waals surface area contributed by atoms with E-state index in [1.54, 1.807) is 30.3 Å². The fourth-order valence-electron chi connectivity index (χ4n) is 3.67. The maximum atomic E-state index is 13.5. The molecule has 3 aromatic carbocycles. The van der Waals surface area contributed by atoms with E-state index >= 15 is 0 Å². The van der Waals surface area contributed by atoms with Gasteiger partial charge in [0.25, 0.3) is 5.56 Å². The van der Waals surface area contributed by atoms with E-state index in [9.17, 15) is 4.79 Å². The molecule has 0 radical (unpaired) electrons. The minimum Gasteiger partial charge on any atom is -0.489 e. The molecule has 0 N–H and O–H groups in total. The van der Waals surface area contributed by atoms with Crippen LogP contribution >= 0.6 is 43.5 Å². The maximum Gasteiger partial charge on any atom is 0.282 e. The van der Waals surface area contributed by atoms with E-state index in [1.165, 1.54) is 10.9 Å². The number of aromatic nitrogens is 2. The summed E-state index contributed by atoms with van der Waals surface area (Å²) in [5, 5.41) is 6.35. The summed E-state index contributed by atoms with van der Waals surface area (Å²) in [6.07, 6.45) is 1.46. The Balaban J connectivity index is 1.73. The van der Waals surface area contributed by atoms with E-state index in [0.29, 0.717) is 43.1 Å². The molecule has 6 nitrogen and oxygen atoms in total. The van der Waals surface area contributed by atoms with Crippen molar-refractivity contribution in [2.75, 3.05) is 0 Å². The van der Waals surface area contributed by atoms with Gasteiger partial charge in [-0.05, 0) is 78.3 Å². The second-order valence-electron chi connectivity index (χ2n) is 8.08. The number of hydrogen-bond acceptors (Lipinski definition) is 5. The van der Waals surface area contributed by atoms with Crippen molar-refractivity contribution in [3.63, 3.8) is 0 Å². The Morgan fingerprint density at radius 2 is 1.91 bits per heavy atom. The fraction of sp³-hybridized carbons (Fsp3) is 0.115. The zero-order valence-corrected chi connectivity index (χ0v) is 22.6. The first kappa shape index (κ1) is 23.8. The summed E-state index contributed by atoms with van der Waals surface area (Å²) in [5.74, 6) is 1.28. The van der Waals surface area contributed by atoms with Gasteiger partial charge in [-0.1, -0.05) is 39.7 Å². The van der Waals surface area contributed by atoms with Crippen molar-refractivity contribution < 1.29 is 9.15 Å². The standard InChI is InChI=1S/C26H18Br2ClN3O3/c1-14(2)34-24-16(10-18(29)12-20(24)28)13-30-32-25(31-21-6-4-3-5-19(21)26(32)33)23-11-15-9-17(27)7-8-22(15)35-23/h3-14H,1-2H3. The number of hydrogen-bond donors (Lipinski definition) is 0. The SMILES string of the molecule is CC(C)Oc1c(Br)cc(Cl)cc1C=Nn1c(-c2cc3cc(Br)ccc3o2)nc2ccccc2c1=O. The summed E-state index contributed by atoms with van der Waals surface area (Å²) >= 11 is 13.3. The number of fused-ring (bicyclic) bond motifs is 2. The predicted molar refractivity (Wildman–Crippen MR) is 147 cm³/mol. The van der Waals surface area contributed by atoms with Crippen LogP contribution in [0.2, 0.25) is 5.02 Å². The Morgan fingerprint density at radius 1 is 1.11 bits per heavy atom. The lowest BCUT2D eigenvalue weighted by atomic mass is 10.2. The summed E-state index contributed by atoms with van der Waals surface area (Å²) in [5.41, 5.74) is 1.51. The van der Waals surface area contributed by atoms with Crippen molar-refractivity contribution in [2.45, 2.75) is 20.0 Å². The predicted octanol–water partition coefficient (Wildman–Crippen LogP) is 7.66. The fourth-order valence-corrected chi connectivity index (χ4v) is 4.98. The molecule has 0 aliphatic heterocycles. The Labute approximate surface area is 222 Å². The molecule has 35 heavy (non-hydrogen) atoms. The van der Waals surface area contributed by atoms with Crippen LogP contribution in [-0.4, -0.2) is 22.0 Å². The van der Waals surface area contributed by atoms with Crippen molar-refractivity contribution >= 4 is 71.5 Å². The van der Waals surface area contributed by atoms with Crippen LogP contribution in [0, 0.1) is 0 Å². The molecule has 0 aliphatic rings. The van der Waals surface area contributed by atoms with Crippen LogP contribution in [0.4, 0.5) is 0 Å². The molecule has 0 saturated carbocycles. The second-order valence-corrected chi connectivity index (χ2v) is 10.3. The van der Waals surface area contributed by atoms with Crippen molar-refractivity contribution in [3.05, 3.63) is 90.5 Å². The number of benzene rings is 3. The van der Waals surface area contributed by atoms with Gasteiger partial charge in [0.2, 0.25) is 5.82 Å². The van der Waals surface area contributed by atoms with Crippen LogP contribution in [0.25, 0.3) is 33.5 Å². The third-order valence-corrected chi connectivity index (χ3v) is 6.46. The van der Waals surface area contributed by atoms with Crippen molar-refractivity contribution in [1.82, 2.24) is 9.66 Å². The highest BCUT2D eigenvalue weighted by Crippen LogP contribution is 2.33. The lowest BCUT2D eigenvalue weighted by molar-refractivity contribution is 0.240. The van der Waals surface area contributed by atoms with E-state index < -0.39 is 0 Å². The zero-order valence-electron chi connectivity index (χ0n) is 18.6. The van der Waals surface area contributed by atoms with E-state index in [4.69, 9.17) is 25.7 Å². The number of nitrogens with zero attached hydrogens (tertiary/aromatic N) is 3. The van der Waals surface area contributed by atoms with Gasteiger partial charge in [-0.2, -0.15) is 9.78 Å². The molecule has 0 unspecified atom stereocenters. The lowest BCUT2D eigenvalue weighted by Crippen LogP contribution is -2.20. The molecular formula is C26H18Br2ClN3O3. The van der Waals surface area contributed by atoms with E-state index in [2.05, 4.69) is 37.0 Å².